The van der Waals surface area contributed by atoms with E-state index in [1.165, 1.54) is 6.07 Å². The van der Waals surface area contributed by atoms with E-state index in [1.54, 1.807) is 6.07 Å². The second-order valence-corrected chi connectivity index (χ2v) is 4.68. The summed E-state index contributed by atoms with van der Waals surface area (Å²) in [5.74, 6) is 0.440. The summed E-state index contributed by atoms with van der Waals surface area (Å²) < 4.78 is 10.8. The average molecular weight is 290 g/mol. The van der Waals surface area contributed by atoms with Crippen molar-refractivity contribution >= 4 is 5.91 Å². The summed E-state index contributed by atoms with van der Waals surface area (Å²) in [4.78, 5) is 10.9. The van der Waals surface area contributed by atoms with E-state index in [0.29, 0.717) is 12.5 Å². The summed E-state index contributed by atoms with van der Waals surface area (Å²) in [6.45, 7) is 4.28. The van der Waals surface area contributed by atoms with Gasteiger partial charge in [-0.05, 0) is 25.8 Å². The minimum atomic E-state index is -0.620. The number of nitrogens with two attached hydrogens (primary N) is 1. The first-order valence-electron chi connectivity index (χ1n) is 6.82. The van der Waals surface area contributed by atoms with Gasteiger partial charge in [-0.25, -0.2) is 0 Å². The number of primary amides is 1. The first-order chi connectivity index (χ1) is 10.1. The smallest absolute Gasteiger partial charge is 0.269 e. The lowest BCUT2D eigenvalue weighted by atomic mass is 10.1. The van der Waals surface area contributed by atoms with Gasteiger partial charge in [-0.1, -0.05) is 18.5 Å². The van der Waals surface area contributed by atoms with Gasteiger partial charge in [0.05, 0.1) is 11.3 Å². The molecule has 0 saturated heterocycles. The van der Waals surface area contributed by atoms with Crippen molar-refractivity contribution in [1.29, 1.82) is 0 Å². The van der Waals surface area contributed by atoms with Gasteiger partial charge < -0.3 is 15.0 Å². The van der Waals surface area contributed by atoms with Crippen molar-refractivity contribution in [1.82, 2.24) is 15.4 Å². The summed E-state index contributed by atoms with van der Waals surface area (Å²) in [6.07, 6.45) is 3.00. The molecular formula is C14H18N4O3. The number of carbonyl (C=O) groups excluding carboxylic acids is 1. The third kappa shape index (κ3) is 3.77. The van der Waals surface area contributed by atoms with Crippen LogP contribution < -0.4 is 10.5 Å². The van der Waals surface area contributed by atoms with Crippen LogP contribution in [0.2, 0.25) is 0 Å². The predicted molar refractivity (Wildman–Crippen MR) is 74.7 cm³/mol. The molecular weight excluding hydrogens is 272 g/mol. The lowest BCUT2D eigenvalue weighted by Gasteiger charge is -2.05. The number of unbranched alkanes of at least 4 members (excludes halogenated alkanes) is 1. The van der Waals surface area contributed by atoms with E-state index < -0.39 is 5.91 Å². The maximum Gasteiger partial charge on any atom is 0.269 e. The molecule has 0 atom stereocenters. The summed E-state index contributed by atoms with van der Waals surface area (Å²) in [5.41, 5.74) is 7.05. The number of amides is 1. The fraction of sp³-hybridized carbons (Fsp3) is 0.429. The normalized spacial score (nSPS) is 10.6. The Hall–Kier alpha value is -2.44. The van der Waals surface area contributed by atoms with E-state index in [9.17, 15) is 4.79 Å². The van der Waals surface area contributed by atoms with Crippen molar-refractivity contribution in [2.24, 2.45) is 5.73 Å². The zero-order valence-corrected chi connectivity index (χ0v) is 12.1. The molecule has 0 saturated carbocycles. The van der Waals surface area contributed by atoms with E-state index in [2.05, 4.69) is 22.3 Å². The van der Waals surface area contributed by atoms with Crippen molar-refractivity contribution < 1.29 is 14.1 Å². The molecule has 2 N–H and O–H groups in total. The Bertz CT molecular complexity index is 607. The number of carbonyl (C=O) groups is 1. The number of ether oxygens (including phenoxy) is 1. The highest BCUT2D eigenvalue weighted by molar-refractivity contribution is 5.90. The number of hydrogen-bond donors (Lipinski definition) is 1. The molecule has 1 amide bonds. The van der Waals surface area contributed by atoms with Crippen LogP contribution in [0.1, 0.15) is 47.3 Å². The van der Waals surface area contributed by atoms with Gasteiger partial charge in [-0.15, -0.1) is 10.2 Å². The van der Waals surface area contributed by atoms with Gasteiger partial charge in [0, 0.05) is 6.07 Å². The minimum absolute atomic E-state index is 0.104. The Morgan fingerprint density at radius 2 is 2.19 bits per heavy atom. The van der Waals surface area contributed by atoms with Gasteiger partial charge in [0.15, 0.2) is 5.69 Å². The fourth-order valence-corrected chi connectivity index (χ4v) is 1.84. The number of aryl methyl sites for hydroxylation is 2. The molecule has 2 aromatic heterocycles. The molecule has 21 heavy (non-hydrogen) atoms. The van der Waals surface area contributed by atoms with Crippen LogP contribution in [0.4, 0.5) is 0 Å². The predicted octanol–water partition coefficient (Wildman–Crippen LogP) is 1.79. The van der Waals surface area contributed by atoms with E-state index in [1.807, 2.05) is 6.92 Å². The fourth-order valence-electron chi connectivity index (χ4n) is 1.84. The highest BCUT2D eigenvalue weighted by Crippen LogP contribution is 2.18. The maximum atomic E-state index is 10.9. The number of hydrogen-bond acceptors (Lipinski definition) is 6. The zero-order valence-electron chi connectivity index (χ0n) is 12.1. The van der Waals surface area contributed by atoms with Crippen LogP contribution in [0.15, 0.2) is 16.7 Å². The molecule has 0 aromatic carbocycles. The van der Waals surface area contributed by atoms with Crippen molar-refractivity contribution in [2.45, 2.75) is 39.7 Å². The lowest BCUT2D eigenvalue weighted by molar-refractivity contribution is 0.0994. The minimum Gasteiger partial charge on any atom is -0.472 e. The second kappa shape index (κ2) is 6.83. The van der Waals surface area contributed by atoms with E-state index in [-0.39, 0.29) is 5.69 Å². The molecule has 0 fully saturated rings. The Kier molecular flexibility index (Phi) is 4.86. The largest absolute Gasteiger partial charge is 0.472 e. The molecule has 112 valence electrons. The molecule has 0 bridgehead atoms. The van der Waals surface area contributed by atoms with Gasteiger partial charge in [0.2, 0.25) is 5.88 Å². The van der Waals surface area contributed by atoms with Gasteiger partial charge >= 0.3 is 0 Å². The zero-order chi connectivity index (χ0) is 15.2. The molecule has 0 aliphatic heterocycles. The van der Waals surface area contributed by atoms with E-state index >= 15 is 0 Å². The number of rotatable bonds is 7. The van der Waals surface area contributed by atoms with Crippen LogP contribution in [0.3, 0.4) is 0 Å². The van der Waals surface area contributed by atoms with Crippen LogP contribution in [0.25, 0.3) is 0 Å². The van der Waals surface area contributed by atoms with Crippen molar-refractivity contribution in [2.75, 3.05) is 0 Å². The van der Waals surface area contributed by atoms with Gasteiger partial charge in [-0.2, -0.15) is 0 Å². The Balaban J connectivity index is 2.02. The highest BCUT2D eigenvalue weighted by Gasteiger charge is 2.13. The Labute approximate surface area is 122 Å². The lowest BCUT2D eigenvalue weighted by Crippen LogP contribution is -2.13. The average Bonchev–Trinajstić information content (AvgIpc) is 2.83. The monoisotopic (exact) mass is 290 g/mol. The molecule has 7 nitrogen and oxygen atoms in total. The van der Waals surface area contributed by atoms with Crippen LogP contribution in [-0.2, 0) is 13.0 Å². The van der Waals surface area contributed by atoms with Gasteiger partial charge in [0.25, 0.3) is 5.91 Å². The van der Waals surface area contributed by atoms with Gasteiger partial charge in [-0.3, -0.25) is 4.79 Å². The van der Waals surface area contributed by atoms with E-state index in [4.69, 9.17) is 15.0 Å². The Morgan fingerprint density at radius 1 is 1.38 bits per heavy atom. The van der Waals surface area contributed by atoms with Crippen molar-refractivity contribution in [3.63, 3.8) is 0 Å². The number of aromatic nitrogens is 3. The van der Waals surface area contributed by atoms with Crippen LogP contribution in [0.5, 0.6) is 5.88 Å². The molecule has 0 radical (unpaired) electrons. The Morgan fingerprint density at radius 3 is 2.81 bits per heavy atom. The molecule has 0 unspecified atom stereocenters. The number of nitrogens with zero attached hydrogens (tertiary/aromatic N) is 3. The quantitative estimate of drug-likeness (QED) is 0.833. The SMILES string of the molecule is CCCCc1noc(C)c1COc1ccc(C(N)=O)nn1. The maximum absolute atomic E-state index is 10.9. The summed E-state index contributed by atoms with van der Waals surface area (Å²) in [7, 11) is 0. The van der Waals surface area contributed by atoms with Crippen LogP contribution >= 0.6 is 0 Å². The van der Waals surface area contributed by atoms with Crippen LogP contribution in [0, 0.1) is 6.92 Å². The first-order valence-corrected chi connectivity index (χ1v) is 6.82. The molecule has 7 heteroatoms. The second-order valence-electron chi connectivity index (χ2n) is 4.68. The molecule has 0 spiro atoms. The molecule has 0 aliphatic carbocycles. The van der Waals surface area contributed by atoms with Crippen LogP contribution in [-0.4, -0.2) is 21.3 Å². The van der Waals surface area contributed by atoms with Crippen molar-refractivity contribution in [3.05, 3.63) is 34.8 Å². The van der Waals surface area contributed by atoms with Gasteiger partial charge in [0.1, 0.15) is 12.4 Å². The topological polar surface area (TPSA) is 104 Å². The summed E-state index contributed by atoms with van der Waals surface area (Å²) >= 11 is 0. The summed E-state index contributed by atoms with van der Waals surface area (Å²) in [5, 5.41) is 11.5. The first kappa shape index (κ1) is 15.0. The third-order valence-corrected chi connectivity index (χ3v) is 3.09. The van der Waals surface area contributed by atoms with E-state index in [0.717, 1.165) is 36.3 Å². The molecule has 2 heterocycles. The third-order valence-electron chi connectivity index (χ3n) is 3.09. The molecule has 2 rings (SSSR count). The molecule has 0 aliphatic rings. The summed E-state index contributed by atoms with van der Waals surface area (Å²) in [6, 6.07) is 3.03. The molecule has 2 aromatic rings. The standard InChI is InChI=1S/C14H18N4O3/c1-3-4-5-11-10(9(2)21-18-11)8-20-13-7-6-12(14(15)19)16-17-13/h6-7H,3-5,8H2,1-2H3,(H2,15,19). The van der Waals surface area contributed by atoms with Crippen molar-refractivity contribution in [3.8, 4) is 5.88 Å². The highest BCUT2D eigenvalue weighted by atomic mass is 16.5.